The number of hydrogen-bond acceptors (Lipinski definition) is 6. The Labute approximate surface area is 146 Å². The topological polar surface area (TPSA) is 54.4 Å². The molecule has 4 heterocycles. The van der Waals surface area contributed by atoms with Crippen LogP contribution in [0, 0.1) is 11.7 Å². The molecular weight excluding hydrogens is 321 g/mol. The number of hydrogen-bond donors (Lipinski definition) is 0. The van der Waals surface area contributed by atoms with Gasteiger partial charge in [-0.3, -0.25) is 9.88 Å². The molecule has 2 aromatic heterocycles. The highest BCUT2D eigenvalue weighted by atomic mass is 19.1. The van der Waals surface area contributed by atoms with Crippen molar-refractivity contribution in [2.24, 2.45) is 5.92 Å². The fraction of sp³-hybridized carbons (Fsp3) is 0.500. The van der Waals surface area contributed by atoms with Crippen molar-refractivity contribution in [2.45, 2.75) is 18.6 Å². The molecular formula is C18H22FN5O. The number of ether oxygens (including phenoxy) is 1. The van der Waals surface area contributed by atoms with Gasteiger partial charge in [-0.25, -0.2) is 14.4 Å². The van der Waals surface area contributed by atoms with E-state index in [0.717, 1.165) is 38.2 Å². The van der Waals surface area contributed by atoms with Crippen molar-refractivity contribution in [2.75, 3.05) is 38.2 Å². The van der Waals surface area contributed by atoms with Crippen LogP contribution in [0.15, 0.2) is 36.9 Å². The van der Waals surface area contributed by atoms with E-state index in [1.807, 2.05) is 12.1 Å². The minimum atomic E-state index is -0.400. The van der Waals surface area contributed by atoms with E-state index in [1.165, 1.54) is 12.4 Å². The maximum absolute atomic E-state index is 13.0. The molecule has 0 amide bonds. The first-order valence-electron chi connectivity index (χ1n) is 8.55. The average Bonchev–Trinajstić information content (AvgIpc) is 2.92. The zero-order valence-corrected chi connectivity index (χ0v) is 14.3. The largest absolute Gasteiger partial charge is 0.376 e. The number of halogens is 1. The number of pyridine rings is 1. The second-order valence-electron chi connectivity index (χ2n) is 7.10. The third kappa shape index (κ3) is 3.34. The lowest BCUT2D eigenvalue weighted by atomic mass is 9.85. The van der Waals surface area contributed by atoms with Crippen LogP contribution >= 0.6 is 0 Å². The summed E-state index contributed by atoms with van der Waals surface area (Å²) in [4.78, 5) is 16.7. The molecule has 0 aliphatic carbocycles. The van der Waals surface area contributed by atoms with Gasteiger partial charge in [0.05, 0.1) is 31.1 Å². The van der Waals surface area contributed by atoms with Crippen molar-refractivity contribution in [3.05, 3.63) is 48.3 Å². The van der Waals surface area contributed by atoms with E-state index < -0.39 is 5.82 Å². The Morgan fingerprint density at radius 1 is 1.24 bits per heavy atom. The Kier molecular flexibility index (Phi) is 4.35. The summed E-state index contributed by atoms with van der Waals surface area (Å²) in [6, 6.07) is 3.96. The molecule has 1 unspecified atom stereocenters. The summed E-state index contributed by atoms with van der Waals surface area (Å²) in [6.07, 6.45) is 7.13. The Balaban J connectivity index is 1.28. The molecule has 2 aliphatic heterocycles. The van der Waals surface area contributed by atoms with Crippen LogP contribution in [0.5, 0.6) is 0 Å². The van der Waals surface area contributed by atoms with Gasteiger partial charge in [-0.15, -0.1) is 0 Å². The molecule has 2 fully saturated rings. The van der Waals surface area contributed by atoms with Crippen LogP contribution in [0.25, 0.3) is 0 Å². The van der Waals surface area contributed by atoms with Gasteiger partial charge in [-0.05, 0) is 37.1 Å². The predicted molar refractivity (Wildman–Crippen MR) is 91.6 cm³/mol. The maximum Gasteiger partial charge on any atom is 0.225 e. The molecule has 132 valence electrons. The lowest BCUT2D eigenvalue weighted by Gasteiger charge is -2.51. The first-order valence-corrected chi connectivity index (χ1v) is 8.55. The highest BCUT2D eigenvalue weighted by Crippen LogP contribution is 2.40. The fourth-order valence-electron chi connectivity index (χ4n) is 3.92. The van der Waals surface area contributed by atoms with Crippen molar-refractivity contribution >= 4 is 5.95 Å². The van der Waals surface area contributed by atoms with E-state index in [1.54, 1.807) is 12.4 Å². The Morgan fingerprint density at radius 3 is 2.68 bits per heavy atom. The van der Waals surface area contributed by atoms with Crippen LogP contribution in [-0.4, -0.2) is 58.7 Å². The summed E-state index contributed by atoms with van der Waals surface area (Å²) in [6.45, 7) is 4.20. The molecule has 0 bridgehead atoms. The zero-order chi connectivity index (χ0) is 17.3. The van der Waals surface area contributed by atoms with E-state index in [4.69, 9.17) is 4.74 Å². The molecule has 6 nitrogen and oxygen atoms in total. The molecule has 0 N–H and O–H groups in total. The molecule has 0 radical (unpaired) electrons. The molecule has 2 aromatic rings. The van der Waals surface area contributed by atoms with Crippen LogP contribution in [0.4, 0.5) is 10.3 Å². The van der Waals surface area contributed by atoms with Crippen molar-refractivity contribution in [1.29, 1.82) is 0 Å². The lowest BCUT2D eigenvalue weighted by Crippen LogP contribution is -2.67. The van der Waals surface area contributed by atoms with Crippen LogP contribution in [0.2, 0.25) is 0 Å². The van der Waals surface area contributed by atoms with Crippen molar-refractivity contribution in [3.63, 3.8) is 0 Å². The number of likely N-dealkylation sites (tertiary alicyclic amines) is 1. The summed E-state index contributed by atoms with van der Waals surface area (Å²) < 4.78 is 18.9. The quantitative estimate of drug-likeness (QED) is 0.824. The normalized spacial score (nSPS) is 22.3. The van der Waals surface area contributed by atoms with Gasteiger partial charge in [0.15, 0.2) is 5.82 Å². The number of likely N-dealkylation sites (N-methyl/N-ethyl adjacent to an activating group) is 1. The van der Waals surface area contributed by atoms with E-state index >= 15 is 0 Å². The molecule has 2 saturated heterocycles. The molecule has 0 aromatic carbocycles. The average molecular weight is 343 g/mol. The molecule has 1 spiro atoms. The second kappa shape index (κ2) is 6.65. The third-order valence-corrected chi connectivity index (χ3v) is 5.24. The highest BCUT2D eigenvalue weighted by molar-refractivity contribution is 5.38. The number of aromatic nitrogens is 3. The highest BCUT2D eigenvalue weighted by Gasteiger charge is 2.52. The maximum atomic E-state index is 13.0. The third-order valence-electron chi connectivity index (χ3n) is 5.24. The van der Waals surface area contributed by atoms with Crippen LogP contribution < -0.4 is 4.90 Å². The minimum absolute atomic E-state index is 0.169. The number of rotatable bonds is 5. The van der Waals surface area contributed by atoms with Crippen molar-refractivity contribution < 1.29 is 9.13 Å². The first-order chi connectivity index (χ1) is 12.1. The van der Waals surface area contributed by atoms with E-state index in [0.29, 0.717) is 18.5 Å². The smallest absolute Gasteiger partial charge is 0.225 e. The van der Waals surface area contributed by atoms with Crippen LogP contribution in [-0.2, 0) is 11.3 Å². The van der Waals surface area contributed by atoms with Crippen molar-refractivity contribution in [3.8, 4) is 0 Å². The molecule has 0 saturated carbocycles. The molecule has 1 atom stereocenters. The Morgan fingerprint density at radius 2 is 1.96 bits per heavy atom. The number of nitrogens with zero attached hydrogens (tertiary/aromatic N) is 5. The molecule has 7 heteroatoms. The van der Waals surface area contributed by atoms with Crippen LogP contribution in [0.1, 0.15) is 12.0 Å². The van der Waals surface area contributed by atoms with Gasteiger partial charge < -0.3 is 9.64 Å². The standard InChI is InChI=1S/C18H22FN5O/c1-23-9-15(11-25-10-14-2-4-20-5-3-14)6-18(23)12-24(13-18)17-21-7-16(19)8-22-17/h2-5,7-8,15H,6,9-13H2,1H3. The second-order valence-corrected chi connectivity index (χ2v) is 7.10. The van der Waals surface area contributed by atoms with E-state index in [2.05, 4.69) is 31.8 Å². The molecule has 2 aliphatic rings. The van der Waals surface area contributed by atoms with Crippen molar-refractivity contribution in [1.82, 2.24) is 19.9 Å². The van der Waals surface area contributed by atoms with E-state index in [-0.39, 0.29) is 5.54 Å². The van der Waals surface area contributed by atoms with Gasteiger partial charge in [0, 0.05) is 32.0 Å². The van der Waals surface area contributed by atoms with Gasteiger partial charge >= 0.3 is 0 Å². The Bertz CT molecular complexity index is 705. The summed E-state index contributed by atoms with van der Waals surface area (Å²) >= 11 is 0. The first kappa shape index (κ1) is 16.4. The van der Waals surface area contributed by atoms with Gasteiger partial charge in [-0.2, -0.15) is 0 Å². The van der Waals surface area contributed by atoms with Crippen LogP contribution in [0.3, 0.4) is 0 Å². The van der Waals surface area contributed by atoms with Gasteiger partial charge in [0.2, 0.25) is 5.95 Å². The predicted octanol–water partition coefficient (Wildman–Crippen LogP) is 1.74. The number of anilines is 1. The lowest BCUT2D eigenvalue weighted by molar-refractivity contribution is 0.0890. The zero-order valence-electron chi connectivity index (χ0n) is 14.3. The molecule has 25 heavy (non-hydrogen) atoms. The minimum Gasteiger partial charge on any atom is -0.376 e. The fourth-order valence-corrected chi connectivity index (χ4v) is 3.92. The summed E-state index contributed by atoms with van der Waals surface area (Å²) in [5.74, 6) is 0.740. The Hall–Kier alpha value is -2.12. The SMILES string of the molecule is CN1CC(COCc2ccncc2)CC12CN(c1ncc(F)cn1)C2. The molecule has 4 rings (SSSR count). The van der Waals surface area contributed by atoms with Gasteiger partial charge in [0.1, 0.15) is 0 Å². The van der Waals surface area contributed by atoms with Gasteiger partial charge in [0.25, 0.3) is 0 Å². The van der Waals surface area contributed by atoms with E-state index in [9.17, 15) is 4.39 Å². The van der Waals surface area contributed by atoms with Gasteiger partial charge in [-0.1, -0.05) is 0 Å². The summed E-state index contributed by atoms with van der Waals surface area (Å²) in [5, 5.41) is 0. The monoisotopic (exact) mass is 343 g/mol. The summed E-state index contributed by atoms with van der Waals surface area (Å²) in [7, 11) is 2.17. The summed E-state index contributed by atoms with van der Waals surface area (Å²) in [5.41, 5.74) is 1.32.